The number of carbonyl (C=O) groups is 1. The van der Waals surface area contributed by atoms with Crippen molar-refractivity contribution in [2.24, 2.45) is 5.41 Å². The summed E-state index contributed by atoms with van der Waals surface area (Å²) >= 11 is 0. The van der Waals surface area contributed by atoms with Crippen LogP contribution in [-0.2, 0) is 4.79 Å². The Morgan fingerprint density at radius 2 is 1.83 bits per heavy atom. The van der Waals surface area contributed by atoms with E-state index in [1.807, 2.05) is 56.1 Å². The number of anilines is 1. The maximum absolute atomic E-state index is 12.4. The number of hydrogen-bond acceptors (Lipinski definition) is 3. The number of nitrogens with one attached hydrogen (secondary N) is 2. The molecule has 0 aliphatic carbocycles. The lowest BCUT2D eigenvalue weighted by atomic mass is 9.88. The highest BCUT2D eigenvalue weighted by atomic mass is 16.2. The summed E-state index contributed by atoms with van der Waals surface area (Å²) in [6.07, 6.45) is 2.60. The molecule has 2 aromatic rings. The summed E-state index contributed by atoms with van der Waals surface area (Å²) < 4.78 is 2.04. The molecule has 1 aromatic heterocycles. The molecule has 5 heteroatoms. The molecule has 130 valence electrons. The highest BCUT2D eigenvalue weighted by molar-refractivity contribution is 5.94. The second kappa shape index (κ2) is 7.18. The van der Waals surface area contributed by atoms with E-state index in [0.29, 0.717) is 0 Å². The summed E-state index contributed by atoms with van der Waals surface area (Å²) in [6.45, 7) is 10.4. The molecule has 24 heavy (non-hydrogen) atoms. The zero-order valence-corrected chi connectivity index (χ0v) is 15.5. The number of aryl methyl sites for hydroxylation is 1. The van der Waals surface area contributed by atoms with E-state index in [1.54, 1.807) is 0 Å². The van der Waals surface area contributed by atoms with Gasteiger partial charge < -0.3 is 15.2 Å². The van der Waals surface area contributed by atoms with E-state index < -0.39 is 0 Å². The molecule has 1 aromatic carbocycles. The van der Waals surface area contributed by atoms with Gasteiger partial charge in [0.2, 0.25) is 5.91 Å². The summed E-state index contributed by atoms with van der Waals surface area (Å²) in [7, 11) is 1.82. The molecule has 0 bridgehead atoms. The Morgan fingerprint density at radius 3 is 2.29 bits per heavy atom. The van der Waals surface area contributed by atoms with Crippen LogP contribution in [0.3, 0.4) is 0 Å². The van der Waals surface area contributed by atoms with Gasteiger partial charge in [-0.3, -0.25) is 4.79 Å². The highest BCUT2D eigenvalue weighted by Gasteiger charge is 2.23. The fourth-order valence-electron chi connectivity index (χ4n) is 2.63. The highest BCUT2D eigenvalue weighted by Crippen LogP contribution is 2.22. The smallest absolute Gasteiger partial charge is 0.241 e. The molecule has 0 aliphatic rings. The van der Waals surface area contributed by atoms with Crippen molar-refractivity contribution in [2.75, 3.05) is 12.4 Å². The summed E-state index contributed by atoms with van der Waals surface area (Å²) in [5.41, 5.74) is 4.06. The molecular formula is C19H28N4O. The molecule has 0 fully saturated rings. The van der Waals surface area contributed by atoms with E-state index in [2.05, 4.69) is 36.4 Å². The molecule has 0 saturated carbocycles. The van der Waals surface area contributed by atoms with E-state index in [9.17, 15) is 4.79 Å². The molecule has 1 amide bonds. The molecule has 2 rings (SSSR count). The molecule has 2 N–H and O–H groups in total. The number of benzene rings is 1. The lowest BCUT2D eigenvalue weighted by Gasteiger charge is -2.25. The third-order valence-electron chi connectivity index (χ3n) is 4.15. The minimum Gasteiger partial charge on any atom is -0.325 e. The van der Waals surface area contributed by atoms with Crippen LogP contribution in [0.15, 0.2) is 30.6 Å². The first-order chi connectivity index (χ1) is 11.2. The zero-order valence-electron chi connectivity index (χ0n) is 15.5. The topological polar surface area (TPSA) is 59.0 Å². The standard InChI is InChI=1S/C19H28N4O/c1-13-14(2)23(12-21-13)16-9-7-15(8-10-16)22-18(24)17(20-6)11-19(3,4)5/h7-10,12,17,20H,11H2,1-6H3,(H,22,24). The van der Waals surface area contributed by atoms with Crippen molar-refractivity contribution < 1.29 is 4.79 Å². The predicted molar refractivity (Wildman–Crippen MR) is 98.6 cm³/mol. The van der Waals surface area contributed by atoms with Gasteiger partial charge in [0, 0.05) is 17.1 Å². The summed E-state index contributed by atoms with van der Waals surface area (Å²) in [5.74, 6) is -0.00479. The maximum Gasteiger partial charge on any atom is 0.241 e. The zero-order chi connectivity index (χ0) is 17.9. The molecule has 0 spiro atoms. The van der Waals surface area contributed by atoms with Gasteiger partial charge in [0.1, 0.15) is 0 Å². The van der Waals surface area contributed by atoms with Crippen LogP contribution in [0.5, 0.6) is 0 Å². The van der Waals surface area contributed by atoms with Crippen LogP contribution in [0.1, 0.15) is 38.6 Å². The van der Waals surface area contributed by atoms with E-state index in [-0.39, 0.29) is 17.4 Å². The van der Waals surface area contributed by atoms with Crippen molar-refractivity contribution in [2.45, 2.75) is 47.1 Å². The summed E-state index contributed by atoms with van der Waals surface area (Å²) in [6, 6.07) is 7.62. The number of nitrogens with zero attached hydrogens (tertiary/aromatic N) is 2. The molecule has 5 nitrogen and oxygen atoms in total. The normalized spacial score (nSPS) is 12.9. The maximum atomic E-state index is 12.4. The molecular weight excluding hydrogens is 300 g/mol. The second-order valence-electron chi connectivity index (χ2n) is 7.43. The number of imidazole rings is 1. The van der Waals surface area contributed by atoms with E-state index in [1.165, 1.54) is 0 Å². The van der Waals surface area contributed by atoms with Gasteiger partial charge in [-0.25, -0.2) is 4.98 Å². The van der Waals surface area contributed by atoms with Crippen LogP contribution >= 0.6 is 0 Å². The van der Waals surface area contributed by atoms with Gasteiger partial charge >= 0.3 is 0 Å². The van der Waals surface area contributed by atoms with Crippen LogP contribution in [0.4, 0.5) is 5.69 Å². The fourth-order valence-corrected chi connectivity index (χ4v) is 2.63. The number of rotatable bonds is 5. The number of likely N-dealkylation sites (N-methyl/N-ethyl adjacent to an activating group) is 1. The predicted octanol–water partition coefficient (Wildman–Crippen LogP) is 3.45. The Bertz CT molecular complexity index is 695. The van der Waals surface area contributed by atoms with Gasteiger partial charge in [0.05, 0.1) is 18.1 Å². The Hall–Kier alpha value is -2.14. The average molecular weight is 328 g/mol. The van der Waals surface area contributed by atoms with Crippen LogP contribution in [0.2, 0.25) is 0 Å². The van der Waals surface area contributed by atoms with Gasteiger partial charge in [-0.2, -0.15) is 0 Å². The number of amides is 1. The summed E-state index contributed by atoms with van der Waals surface area (Å²) in [5, 5.41) is 6.09. The van der Waals surface area contributed by atoms with Crippen LogP contribution < -0.4 is 10.6 Å². The fraction of sp³-hybridized carbons (Fsp3) is 0.474. The largest absolute Gasteiger partial charge is 0.325 e. The second-order valence-corrected chi connectivity index (χ2v) is 7.43. The van der Waals surface area contributed by atoms with Crippen molar-refractivity contribution in [3.8, 4) is 5.69 Å². The van der Waals surface area contributed by atoms with Crippen LogP contribution in [0.25, 0.3) is 5.69 Å². The van der Waals surface area contributed by atoms with Crippen molar-refractivity contribution in [1.82, 2.24) is 14.9 Å². The van der Waals surface area contributed by atoms with Gasteiger partial charge in [0.15, 0.2) is 0 Å². The van der Waals surface area contributed by atoms with Gasteiger partial charge in [0.25, 0.3) is 0 Å². The summed E-state index contributed by atoms with van der Waals surface area (Å²) in [4.78, 5) is 16.8. The Morgan fingerprint density at radius 1 is 1.21 bits per heavy atom. The van der Waals surface area contributed by atoms with Gasteiger partial charge in [-0.05, 0) is 57.0 Å². The number of carbonyl (C=O) groups excluding carboxylic acids is 1. The van der Waals surface area contributed by atoms with Crippen molar-refractivity contribution in [3.63, 3.8) is 0 Å². The molecule has 1 heterocycles. The first kappa shape index (κ1) is 18.2. The minimum absolute atomic E-state index is 0.00479. The van der Waals surface area contributed by atoms with Crippen LogP contribution in [0, 0.1) is 19.3 Å². The Kier molecular flexibility index (Phi) is 5.44. The third-order valence-corrected chi connectivity index (χ3v) is 4.15. The minimum atomic E-state index is -0.205. The molecule has 0 aliphatic heterocycles. The Labute approximate surface area is 144 Å². The van der Waals surface area contributed by atoms with Gasteiger partial charge in [-0.15, -0.1) is 0 Å². The van der Waals surface area contributed by atoms with Crippen LogP contribution in [-0.4, -0.2) is 28.5 Å². The van der Waals surface area contributed by atoms with Gasteiger partial charge in [-0.1, -0.05) is 20.8 Å². The number of hydrogen-bond donors (Lipinski definition) is 2. The monoisotopic (exact) mass is 328 g/mol. The quantitative estimate of drug-likeness (QED) is 0.884. The van der Waals surface area contributed by atoms with E-state index in [0.717, 1.165) is 29.2 Å². The van der Waals surface area contributed by atoms with Crippen molar-refractivity contribution in [3.05, 3.63) is 42.0 Å². The SMILES string of the molecule is CNC(CC(C)(C)C)C(=O)Nc1ccc(-n2cnc(C)c2C)cc1. The average Bonchev–Trinajstić information content (AvgIpc) is 2.84. The first-order valence-electron chi connectivity index (χ1n) is 8.30. The lowest BCUT2D eigenvalue weighted by Crippen LogP contribution is -2.41. The first-order valence-corrected chi connectivity index (χ1v) is 8.30. The molecule has 0 saturated heterocycles. The van der Waals surface area contributed by atoms with E-state index >= 15 is 0 Å². The number of aromatic nitrogens is 2. The Balaban J connectivity index is 2.08. The van der Waals surface area contributed by atoms with E-state index in [4.69, 9.17) is 0 Å². The van der Waals surface area contributed by atoms with Crippen molar-refractivity contribution >= 4 is 11.6 Å². The molecule has 1 unspecified atom stereocenters. The van der Waals surface area contributed by atoms with Crippen molar-refractivity contribution in [1.29, 1.82) is 0 Å². The molecule has 0 radical (unpaired) electrons. The molecule has 1 atom stereocenters. The third kappa shape index (κ3) is 4.45. The lowest BCUT2D eigenvalue weighted by molar-refractivity contribution is -0.118.